The fourth-order valence-corrected chi connectivity index (χ4v) is 3.26. The van der Waals surface area contributed by atoms with Gasteiger partial charge in [0.05, 0.1) is 13.2 Å². The molecule has 1 atom stereocenters. The van der Waals surface area contributed by atoms with Crippen LogP contribution in [0.5, 0.6) is 5.75 Å². The predicted molar refractivity (Wildman–Crippen MR) is 86.5 cm³/mol. The largest absolute Gasteiger partial charge is 0.496 e. The van der Waals surface area contributed by atoms with Crippen LogP contribution in [0.1, 0.15) is 56.8 Å². The SMILES string of the molecule is COc1ccc(C(C)O)cc1CN(C)C1CCC(C)CC1. The number of nitrogens with zero attached hydrogens (tertiary/aromatic N) is 1. The van der Waals surface area contributed by atoms with Gasteiger partial charge in [-0.2, -0.15) is 0 Å². The van der Waals surface area contributed by atoms with E-state index in [0.29, 0.717) is 6.04 Å². The highest BCUT2D eigenvalue weighted by Crippen LogP contribution is 2.29. The molecule has 0 aromatic heterocycles. The molecule has 1 fully saturated rings. The van der Waals surface area contributed by atoms with Gasteiger partial charge < -0.3 is 9.84 Å². The van der Waals surface area contributed by atoms with Gasteiger partial charge in [0.15, 0.2) is 0 Å². The van der Waals surface area contributed by atoms with E-state index < -0.39 is 6.10 Å². The van der Waals surface area contributed by atoms with Gasteiger partial charge in [-0.05, 0) is 63.3 Å². The number of rotatable bonds is 5. The molecule has 0 bridgehead atoms. The molecule has 0 aliphatic heterocycles. The maximum absolute atomic E-state index is 9.77. The van der Waals surface area contributed by atoms with Gasteiger partial charge in [-0.3, -0.25) is 4.90 Å². The van der Waals surface area contributed by atoms with Crippen molar-refractivity contribution in [1.82, 2.24) is 4.90 Å². The highest BCUT2D eigenvalue weighted by atomic mass is 16.5. The number of benzene rings is 1. The zero-order valence-corrected chi connectivity index (χ0v) is 13.8. The molecule has 0 heterocycles. The Kier molecular flexibility index (Phi) is 5.65. The Morgan fingerprint density at radius 2 is 1.95 bits per heavy atom. The maximum atomic E-state index is 9.77. The van der Waals surface area contributed by atoms with E-state index in [2.05, 4.69) is 24.9 Å². The minimum Gasteiger partial charge on any atom is -0.496 e. The van der Waals surface area contributed by atoms with E-state index in [4.69, 9.17) is 4.74 Å². The van der Waals surface area contributed by atoms with Gasteiger partial charge in [0, 0.05) is 18.2 Å². The summed E-state index contributed by atoms with van der Waals surface area (Å²) in [6.07, 6.45) is 4.81. The van der Waals surface area contributed by atoms with Crippen LogP contribution in [0.3, 0.4) is 0 Å². The normalized spacial score (nSPS) is 24.1. The van der Waals surface area contributed by atoms with Crippen LogP contribution in [0.25, 0.3) is 0 Å². The highest BCUT2D eigenvalue weighted by Gasteiger charge is 2.22. The van der Waals surface area contributed by atoms with Crippen LogP contribution in [0.2, 0.25) is 0 Å². The molecule has 1 unspecified atom stereocenters. The molecule has 1 aliphatic carbocycles. The topological polar surface area (TPSA) is 32.7 Å². The lowest BCUT2D eigenvalue weighted by Crippen LogP contribution is -2.34. The fourth-order valence-electron chi connectivity index (χ4n) is 3.26. The van der Waals surface area contributed by atoms with Crippen LogP contribution >= 0.6 is 0 Å². The van der Waals surface area contributed by atoms with Crippen LogP contribution in [-0.4, -0.2) is 30.2 Å². The van der Waals surface area contributed by atoms with Crippen molar-refractivity contribution < 1.29 is 9.84 Å². The monoisotopic (exact) mass is 291 g/mol. The lowest BCUT2D eigenvalue weighted by Gasteiger charge is -2.34. The summed E-state index contributed by atoms with van der Waals surface area (Å²) < 4.78 is 5.48. The third-order valence-electron chi connectivity index (χ3n) is 4.82. The van der Waals surface area contributed by atoms with Crippen molar-refractivity contribution >= 4 is 0 Å². The van der Waals surface area contributed by atoms with Crippen molar-refractivity contribution in [2.75, 3.05) is 14.2 Å². The van der Waals surface area contributed by atoms with Crippen molar-refractivity contribution in [2.45, 2.75) is 58.2 Å². The zero-order valence-electron chi connectivity index (χ0n) is 13.8. The summed E-state index contributed by atoms with van der Waals surface area (Å²) in [6, 6.07) is 6.65. The molecule has 1 aromatic carbocycles. The lowest BCUT2D eigenvalue weighted by atomic mass is 9.86. The zero-order chi connectivity index (χ0) is 15.4. The number of hydrogen-bond donors (Lipinski definition) is 1. The van der Waals surface area contributed by atoms with E-state index in [-0.39, 0.29) is 0 Å². The highest BCUT2D eigenvalue weighted by molar-refractivity contribution is 5.38. The molecule has 2 rings (SSSR count). The fraction of sp³-hybridized carbons (Fsp3) is 0.667. The average molecular weight is 291 g/mol. The molecular formula is C18H29NO2. The summed E-state index contributed by atoms with van der Waals surface area (Å²) in [6.45, 7) is 5.03. The van der Waals surface area contributed by atoms with Crippen molar-refractivity contribution in [3.63, 3.8) is 0 Å². The van der Waals surface area contributed by atoms with Crippen molar-refractivity contribution in [2.24, 2.45) is 5.92 Å². The minimum absolute atomic E-state index is 0.435. The Labute approximate surface area is 128 Å². The van der Waals surface area contributed by atoms with Crippen molar-refractivity contribution in [3.8, 4) is 5.75 Å². The Bertz CT molecular complexity index is 451. The first-order chi connectivity index (χ1) is 10.0. The number of hydrogen-bond acceptors (Lipinski definition) is 3. The summed E-state index contributed by atoms with van der Waals surface area (Å²) in [5.74, 6) is 1.79. The van der Waals surface area contributed by atoms with Gasteiger partial charge in [-0.15, -0.1) is 0 Å². The number of aliphatic hydroxyl groups excluding tert-OH is 1. The quantitative estimate of drug-likeness (QED) is 0.896. The second-order valence-electron chi connectivity index (χ2n) is 6.58. The summed E-state index contributed by atoms with van der Waals surface area (Å²) >= 11 is 0. The molecule has 0 amide bonds. The number of aliphatic hydroxyl groups is 1. The Balaban J connectivity index is 2.08. The van der Waals surface area contributed by atoms with Crippen molar-refractivity contribution in [3.05, 3.63) is 29.3 Å². The molecule has 1 saturated carbocycles. The first kappa shape index (κ1) is 16.3. The first-order valence-electron chi connectivity index (χ1n) is 8.06. The van der Waals surface area contributed by atoms with E-state index >= 15 is 0 Å². The van der Waals surface area contributed by atoms with Gasteiger partial charge in [0.1, 0.15) is 5.75 Å². The molecule has 1 aliphatic rings. The Hall–Kier alpha value is -1.06. The van der Waals surface area contributed by atoms with E-state index in [9.17, 15) is 5.11 Å². The molecule has 0 saturated heterocycles. The molecular weight excluding hydrogens is 262 g/mol. The molecule has 118 valence electrons. The summed E-state index contributed by atoms with van der Waals surface area (Å²) in [4.78, 5) is 2.44. The van der Waals surface area contributed by atoms with Crippen LogP contribution in [0.15, 0.2) is 18.2 Å². The molecule has 1 aromatic rings. The van der Waals surface area contributed by atoms with E-state index in [0.717, 1.165) is 29.3 Å². The van der Waals surface area contributed by atoms with Crippen LogP contribution in [0, 0.1) is 5.92 Å². The molecule has 21 heavy (non-hydrogen) atoms. The minimum atomic E-state index is -0.435. The Morgan fingerprint density at radius 3 is 2.52 bits per heavy atom. The van der Waals surface area contributed by atoms with Gasteiger partial charge in [-0.1, -0.05) is 13.0 Å². The van der Waals surface area contributed by atoms with E-state index in [1.807, 2.05) is 12.1 Å². The third-order valence-corrected chi connectivity index (χ3v) is 4.82. The molecule has 3 heteroatoms. The van der Waals surface area contributed by atoms with Crippen LogP contribution in [0.4, 0.5) is 0 Å². The lowest BCUT2D eigenvalue weighted by molar-refractivity contribution is 0.162. The summed E-state index contributed by atoms with van der Waals surface area (Å²) in [5.41, 5.74) is 2.12. The second kappa shape index (κ2) is 7.28. The van der Waals surface area contributed by atoms with Gasteiger partial charge >= 0.3 is 0 Å². The second-order valence-corrected chi connectivity index (χ2v) is 6.58. The molecule has 3 nitrogen and oxygen atoms in total. The predicted octanol–water partition coefficient (Wildman–Crippen LogP) is 3.76. The summed E-state index contributed by atoms with van der Waals surface area (Å²) in [5, 5.41) is 9.77. The molecule has 0 spiro atoms. The molecule has 0 radical (unpaired) electrons. The summed E-state index contributed by atoms with van der Waals surface area (Å²) in [7, 11) is 3.91. The van der Waals surface area contributed by atoms with Crippen LogP contribution < -0.4 is 4.74 Å². The third kappa shape index (κ3) is 4.21. The standard InChI is InChI=1S/C18H29NO2/c1-13-5-8-17(9-6-13)19(3)12-16-11-15(14(2)20)7-10-18(16)21-4/h7,10-11,13-14,17,20H,5-6,8-9,12H2,1-4H3. The van der Waals surface area contributed by atoms with E-state index in [1.54, 1.807) is 14.0 Å². The van der Waals surface area contributed by atoms with Crippen LogP contribution in [-0.2, 0) is 6.54 Å². The smallest absolute Gasteiger partial charge is 0.123 e. The van der Waals surface area contributed by atoms with Gasteiger partial charge in [0.2, 0.25) is 0 Å². The first-order valence-corrected chi connectivity index (χ1v) is 8.06. The van der Waals surface area contributed by atoms with Gasteiger partial charge in [-0.25, -0.2) is 0 Å². The average Bonchev–Trinajstić information content (AvgIpc) is 2.47. The molecule has 1 N–H and O–H groups in total. The number of ether oxygens (including phenoxy) is 1. The maximum Gasteiger partial charge on any atom is 0.123 e. The van der Waals surface area contributed by atoms with E-state index in [1.165, 1.54) is 25.7 Å². The van der Waals surface area contributed by atoms with Crippen molar-refractivity contribution in [1.29, 1.82) is 0 Å². The number of methoxy groups -OCH3 is 1. The Morgan fingerprint density at radius 1 is 1.29 bits per heavy atom. The van der Waals surface area contributed by atoms with Gasteiger partial charge in [0.25, 0.3) is 0 Å².